The van der Waals surface area contributed by atoms with Gasteiger partial charge in [-0.1, -0.05) is 12.1 Å². The quantitative estimate of drug-likeness (QED) is 0.628. The van der Waals surface area contributed by atoms with E-state index in [9.17, 15) is 14.4 Å². The minimum atomic E-state index is -0.645. The highest BCUT2D eigenvalue weighted by Crippen LogP contribution is 2.39. The predicted molar refractivity (Wildman–Crippen MR) is 105 cm³/mol. The normalized spacial score (nSPS) is 13.3. The van der Waals surface area contributed by atoms with Crippen LogP contribution in [0.25, 0.3) is 11.0 Å². The Morgan fingerprint density at radius 2 is 2.07 bits per heavy atom. The van der Waals surface area contributed by atoms with Crippen molar-refractivity contribution in [3.05, 3.63) is 73.6 Å². The smallest absolute Gasteiger partial charge is 0.338 e. The van der Waals surface area contributed by atoms with Gasteiger partial charge in [0, 0.05) is 18.7 Å². The number of hydrogen-bond donors (Lipinski definition) is 0. The minimum absolute atomic E-state index is 0.0258. The molecule has 1 aromatic carbocycles. The number of pyridine rings is 1. The second kappa shape index (κ2) is 7.02. The third kappa shape index (κ3) is 3.21. The maximum absolute atomic E-state index is 13.2. The largest absolute Gasteiger partial charge is 0.465 e. The van der Waals surface area contributed by atoms with E-state index in [0.29, 0.717) is 16.8 Å². The first-order chi connectivity index (χ1) is 13.9. The Morgan fingerprint density at radius 1 is 1.31 bits per heavy atom. The molecule has 1 fully saturated rings. The first-order valence-electron chi connectivity index (χ1n) is 9.16. The van der Waals surface area contributed by atoms with Gasteiger partial charge in [-0.25, -0.2) is 14.6 Å². The minimum Gasteiger partial charge on any atom is -0.465 e. The molecule has 1 aliphatic carbocycles. The number of aryl methyl sites for hydroxylation is 1. The highest BCUT2D eigenvalue weighted by molar-refractivity contribution is 6.02. The van der Waals surface area contributed by atoms with Crippen molar-refractivity contribution < 1.29 is 9.53 Å². The standard InChI is InChI=1S/C21H18N4O4/c1-24-18-17(15(20(27)29-2)9-16(23-18)14-6-7-14)19(26)25(21(24)28)11-13-5-3-4-12(8-13)10-22/h3-5,8-9,14H,6-7,11H2,1-2H3. The molecule has 0 amide bonds. The van der Waals surface area contributed by atoms with E-state index in [1.807, 2.05) is 6.07 Å². The molecular formula is C21H18N4O4. The van der Waals surface area contributed by atoms with Gasteiger partial charge in [0.1, 0.15) is 5.65 Å². The summed E-state index contributed by atoms with van der Waals surface area (Å²) in [5, 5.41) is 9.13. The fourth-order valence-corrected chi connectivity index (χ4v) is 3.42. The number of carbonyl (C=O) groups is 1. The van der Waals surface area contributed by atoms with Gasteiger partial charge in [0.05, 0.1) is 36.2 Å². The Labute approximate surface area is 165 Å². The number of aromatic nitrogens is 3. The van der Waals surface area contributed by atoms with E-state index < -0.39 is 17.2 Å². The van der Waals surface area contributed by atoms with Crippen LogP contribution in [0.4, 0.5) is 0 Å². The average Bonchev–Trinajstić information content (AvgIpc) is 3.59. The molecule has 4 rings (SSSR count). The summed E-state index contributed by atoms with van der Waals surface area (Å²) in [6, 6.07) is 10.3. The SMILES string of the molecule is COC(=O)c1cc(C2CC2)nc2c1c(=O)n(Cc1cccc(C#N)c1)c(=O)n2C. The van der Waals surface area contributed by atoms with Gasteiger partial charge in [-0.3, -0.25) is 13.9 Å². The molecule has 146 valence electrons. The Hall–Kier alpha value is -3.73. The number of rotatable bonds is 4. The fraction of sp³-hybridized carbons (Fsp3) is 0.286. The molecule has 0 bridgehead atoms. The Kier molecular flexibility index (Phi) is 4.51. The van der Waals surface area contributed by atoms with Gasteiger partial charge in [0.2, 0.25) is 0 Å². The molecule has 8 nitrogen and oxygen atoms in total. The molecule has 0 N–H and O–H groups in total. The van der Waals surface area contributed by atoms with Crippen LogP contribution in [-0.4, -0.2) is 27.2 Å². The number of esters is 1. The van der Waals surface area contributed by atoms with Crippen LogP contribution in [0.1, 0.15) is 45.9 Å². The summed E-state index contributed by atoms with van der Waals surface area (Å²) in [5.41, 5.74) is 0.879. The van der Waals surface area contributed by atoms with Gasteiger partial charge < -0.3 is 4.74 Å². The number of ether oxygens (including phenoxy) is 1. The van der Waals surface area contributed by atoms with Gasteiger partial charge >= 0.3 is 11.7 Å². The summed E-state index contributed by atoms with van der Waals surface area (Å²) in [6.45, 7) is -0.0258. The summed E-state index contributed by atoms with van der Waals surface area (Å²) in [7, 11) is 2.77. The number of nitriles is 1. The molecule has 0 atom stereocenters. The van der Waals surface area contributed by atoms with E-state index in [1.165, 1.54) is 18.7 Å². The number of carbonyl (C=O) groups excluding carboxylic acids is 1. The lowest BCUT2D eigenvalue weighted by Crippen LogP contribution is -2.40. The van der Waals surface area contributed by atoms with E-state index in [-0.39, 0.29) is 29.1 Å². The van der Waals surface area contributed by atoms with Crippen LogP contribution in [0, 0.1) is 11.3 Å². The summed E-state index contributed by atoms with van der Waals surface area (Å²) in [6.07, 6.45) is 1.92. The topological polar surface area (TPSA) is 107 Å². The monoisotopic (exact) mass is 390 g/mol. The molecule has 0 spiro atoms. The molecule has 2 heterocycles. The van der Waals surface area contributed by atoms with Crippen LogP contribution in [0.2, 0.25) is 0 Å². The second-order valence-electron chi connectivity index (χ2n) is 7.10. The summed E-state index contributed by atoms with van der Waals surface area (Å²) in [5.74, 6) is -0.415. The van der Waals surface area contributed by atoms with Crippen LogP contribution in [0.3, 0.4) is 0 Å². The number of methoxy groups -OCH3 is 1. The Balaban J connectivity index is 1.98. The number of nitrogens with zero attached hydrogens (tertiary/aromatic N) is 4. The van der Waals surface area contributed by atoms with Gasteiger partial charge in [-0.05, 0) is 36.6 Å². The third-order valence-electron chi connectivity index (χ3n) is 5.11. The second-order valence-corrected chi connectivity index (χ2v) is 7.10. The number of benzene rings is 1. The van der Waals surface area contributed by atoms with E-state index in [4.69, 9.17) is 10.00 Å². The average molecular weight is 390 g/mol. The summed E-state index contributed by atoms with van der Waals surface area (Å²) < 4.78 is 7.20. The number of hydrogen-bond acceptors (Lipinski definition) is 6. The zero-order chi connectivity index (χ0) is 20.7. The van der Waals surface area contributed by atoms with Gasteiger partial charge in [0.15, 0.2) is 0 Å². The number of fused-ring (bicyclic) bond motifs is 1. The molecule has 0 unspecified atom stereocenters. The third-order valence-corrected chi connectivity index (χ3v) is 5.11. The van der Waals surface area contributed by atoms with Crippen molar-refractivity contribution in [2.75, 3.05) is 7.11 Å². The van der Waals surface area contributed by atoms with E-state index >= 15 is 0 Å². The van der Waals surface area contributed by atoms with Crippen LogP contribution < -0.4 is 11.2 Å². The molecule has 0 saturated heterocycles. The van der Waals surface area contributed by atoms with Gasteiger partial charge in [-0.15, -0.1) is 0 Å². The van der Waals surface area contributed by atoms with E-state index in [2.05, 4.69) is 4.98 Å². The van der Waals surface area contributed by atoms with Crippen LogP contribution >= 0.6 is 0 Å². The molecule has 1 aliphatic rings. The predicted octanol–water partition coefficient (Wildman–Crippen LogP) is 1.68. The van der Waals surface area contributed by atoms with Crippen LogP contribution in [-0.2, 0) is 18.3 Å². The van der Waals surface area contributed by atoms with Crippen molar-refractivity contribution in [2.45, 2.75) is 25.3 Å². The fourth-order valence-electron chi connectivity index (χ4n) is 3.42. The van der Waals surface area contributed by atoms with Crippen molar-refractivity contribution in [3.63, 3.8) is 0 Å². The Bertz CT molecular complexity index is 1310. The van der Waals surface area contributed by atoms with Gasteiger partial charge in [0.25, 0.3) is 5.56 Å². The maximum Gasteiger partial charge on any atom is 0.338 e. The first-order valence-corrected chi connectivity index (χ1v) is 9.16. The van der Waals surface area contributed by atoms with Crippen molar-refractivity contribution >= 4 is 17.0 Å². The highest BCUT2D eigenvalue weighted by atomic mass is 16.5. The zero-order valence-electron chi connectivity index (χ0n) is 16.0. The highest BCUT2D eigenvalue weighted by Gasteiger charge is 2.29. The lowest BCUT2D eigenvalue weighted by atomic mass is 10.1. The molecule has 2 aromatic heterocycles. The molecular weight excluding hydrogens is 372 g/mol. The molecule has 29 heavy (non-hydrogen) atoms. The molecule has 3 aromatic rings. The molecule has 0 aliphatic heterocycles. The lowest BCUT2D eigenvalue weighted by Gasteiger charge is -2.14. The van der Waals surface area contributed by atoms with E-state index in [1.54, 1.807) is 30.3 Å². The lowest BCUT2D eigenvalue weighted by molar-refractivity contribution is 0.0602. The Morgan fingerprint density at radius 3 is 2.72 bits per heavy atom. The van der Waals surface area contributed by atoms with Crippen molar-refractivity contribution in [3.8, 4) is 6.07 Å². The van der Waals surface area contributed by atoms with Crippen LogP contribution in [0.5, 0.6) is 0 Å². The summed E-state index contributed by atoms with van der Waals surface area (Å²) in [4.78, 5) is 43.1. The summed E-state index contributed by atoms with van der Waals surface area (Å²) >= 11 is 0. The van der Waals surface area contributed by atoms with Crippen LogP contribution in [0.15, 0.2) is 39.9 Å². The zero-order valence-corrected chi connectivity index (χ0v) is 16.0. The first kappa shape index (κ1) is 18.6. The van der Waals surface area contributed by atoms with Crippen molar-refractivity contribution in [2.24, 2.45) is 7.05 Å². The molecule has 8 heteroatoms. The van der Waals surface area contributed by atoms with Gasteiger partial charge in [-0.2, -0.15) is 5.26 Å². The molecule has 0 radical (unpaired) electrons. The maximum atomic E-state index is 13.2. The molecule has 1 saturated carbocycles. The van der Waals surface area contributed by atoms with Crippen molar-refractivity contribution in [1.29, 1.82) is 5.26 Å². The van der Waals surface area contributed by atoms with Crippen molar-refractivity contribution in [1.82, 2.24) is 14.1 Å². The van der Waals surface area contributed by atoms with E-state index in [0.717, 1.165) is 17.4 Å².